The first kappa shape index (κ1) is 25.2. The third-order valence-corrected chi connectivity index (χ3v) is 6.24. The van der Waals surface area contributed by atoms with E-state index in [1.165, 1.54) is 0 Å². The van der Waals surface area contributed by atoms with Crippen molar-refractivity contribution in [3.8, 4) is 5.69 Å². The number of benzene rings is 1. The molecule has 0 bridgehead atoms. The summed E-state index contributed by atoms with van der Waals surface area (Å²) in [6.45, 7) is 2.11. The van der Waals surface area contributed by atoms with Crippen molar-refractivity contribution in [2.75, 3.05) is 27.4 Å². The third-order valence-electron chi connectivity index (χ3n) is 6.24. The van der Waals surface area contributed by atoms with Gasteiger partial charge in [0.25, 0.3) is 0 Å². The van der Waals surface area contributed by atoms with E-state index in [0.717, 1.165) is 24.2 Å². The van der Waals surface area contributed by atoms with Crippen molar-refractivity contribution in [2.45, 2.75) is 56.8 Å². The first-order chi connectivity index (χ1) is 15.9. The maximum absolute atomic E-state index is 13.9. The number of rotatable bonds is 11. The maximum Gasteiger partial charge on any atom is 0.156 e. The number of hydrogen-bond acceptors (Lipinski definition) is 6. The first-order valence-corrected chi connectivity index (χ1v) is 11.5. The van der Waals surface area contributed by atoms with Crippen LogP contribution in [0.1, 0.15) is 37.9 Å². The smallest absolute Gasteiger partial charge is 0.156 e. The maximum atomic E-state index is 13.9. The molecule has 0 aliphatic carbocycles. The Morgan fingerprint density at radius 2 is 2.03 bits per heavy atom. The van der Waals surface area contributed by atoms with Crippen LogP contribution in [0.3, 0.4) is 0 Å². The van der Waals surface area contributed by atoms with Crippen LogP contribution >= 0.6 is 0 Å². The fourth-order valence-electron chi connectivity index (χ4n) is 4.31. The number of ether oxygens (including phenoxy) is 2. The van der Waals surface area contributed by atoms with E-state index in [2.05, 4.69) is 10.2 Å². The Labute approximate surface area is 196 Å². The Hall–Kier alpha value is -2.39. The minimum Gasteiger partial charge on any atom is -0.401 e. The van der Waals surface area contributed by atoms with Gasteiger partial charge in [0.2, 0.25) is 0 Å². The number of hydrogen-bond donors (Lipinski definition) is 3. The van der Waals surface area contributed by atoms with Crippen LogP contribution < -0.4 is 11.1 Å². The van der Waals surface area contributed by atoms with E-state index in [-0.39, 0.29) is 12.1 Å². The second kappa shape index (κ2) is 12.2. The SMILES string of the molecule is COC(c1ccc(-n2cccc2)cc1)[C@@H](CF)N/C=C(\N)CCN(C)[C@H]1C[C@@H](C)O[C@@H](O)C1. The van der Waals surface area contributed by atoms with Crippen LogP contribution in [0, 0.1) is 0 Å². The summed E-state index contributed by atoms with van der Waals surface area (Å²) in [7, 11) is 3.61. The number of nitrogens with zero attached hydrogens (tertiary/aromatic N) is 2. The van der Waals surface area contributed by atoms with Crippen molar-refractivity contribution in [1.82, 2.24) is 14.8 Å². The Morgan fingerprint density at radius 1 is 1.33 bits per heavy atom. The predicted octanol–water partition coefficient (Wildman–Crippen LogP) is 3.10. The second-order valence-corrected chi connectivity index (χ2v) is 8.74. The zero-order valence-corrected chi connectivity index (χ0v) is 19.7. The van der Waals surface area contributed by atoms with E-state index < -0.39 is 25.1 Å². The fraction of sp³-hybridized carbons (Fsp3) is 0.520. The number of nitrogens with two attached hydrogens (primary N) is 1. The molecule has 1 aliphatic heterocycles. The summed E-state index contributed by atoms with van der Waals surface area (Å²) >= 11 is 0. The predicted molar refractivity (Wildman–Crippen MR) is 128 cm³/mol. The Morgan fingerprint density at radius 3 is 2.64 bits per heavy atom. The number of methoxy groups -OCH3 is 1. The molecule has 33 heavy (non-hydrogen) atoms. The molecule has 7 nitrogen and oxygen atoms in total. The van der Waals surface area contributed by atoms with Gasteiger partial charge in [-0.05, 0) is 50.2 Å². The number of halogens is 1. The van der Waals surface area contributed by atoms with Crippen LogP contribution in [0.25, 0.3) is 5.69 Å². The molecule has 0 radical (unpaired) electrons. The van der Waals surface area contributed by atoms with Crippen LogP contribution in [0.2, 0.25) is 0 Å². The normalized spacial score (nSPS) is 23.5. The Balaban J connectivity index is 1.54. The van der Waals surface area contributed by atoms with E-state index in [4.69, 9.17) is 15.2 Å². The lowest BCUT2D eigenvalue weighted by atomic mass is 10.0. The van der Waals surface area contributed by atoms with Crippen LogP contribution in [-0.2, 0) is 9.47 Å². The third kappa shape index (κ3) is 7.04. The number of alkyl halides is 1. The zero-order valence-electron chi connectivity index (χ0n) is 19.7. The molecule has 1 aromatic carbocycles. The molecule has 1 aromatic heterocycles. The summed E-state index contributed by atoms with van der Waals surface area (Å²) in [5.74, 6) is 0. The molecule has 2 heterocycles. The number of aliphatic hydroxyl groups is 1. The van der Waals surface area contributed by atoms with Crippen molar-refractivity contribution in [3.63, 3.8) is 0 Å². The van der Waals surface area contributed by atoms with Crippen molar-refractivity contribution in [2.24, 2.45) is 5.73 Å². The number of nitrogens with one attached hydrogen (secondary N) is 1. The minimum absolute atomic E-state index is 0.0318. The molecule has 2 aromatic rings. The largest absolute Gasteiger partial charge is 0.401 e. The molecular weight excluding hydrogens is 423 g/mol. The second-order valence-electron chi connectivity index (χ2n) is 8.74. The van der Waals surface area contributed by atoms with Crippen LogP contribution in [0.15, 0.2) is 60.7 Å². The van der Waals surface area contributed by atoms with Gasteiger partial charge in [-0.3, -0.25) is 0 Å². The summed E-state index contributed by atoms with van der Waals surface area (Å²) in [5, 5.41) is 12.9. The van der Waals surface area contributed by atoms with Crippen LogP contribution in [0.5, 0.6) is 0 Å². The molecule has 5 atom stereocenters. The van der Waals surface area contributed by atoms with Crippen molar-refractivity contribution in [3.05, 3.63) is 66.3 Å². The molecule has 0 saturated carbocycles. The fourth-order valence-corrected chi connectivity index (χ4v) is 4.31. The van der Waals surface area contributed by atoms with Gasteiger partial charge in [0.1, 0.15) is 12.8 Å². The van der Waals surface area contributed by atoms with Gasteiger partial charge < -0.3 is 35.1 Å². The van der Waals surface area contributed by atoms with Crippen LogP contribution in [0.4, 0.5) is 4.39 Å². The molecule has 1 aliphatic rings. The van der Waals surface area contributed by atoms with Gasteiger partial charge in [0.15, 0.2) is 6.29 Å². The van der Waals surface area contributed by atoms with E-state index in [1.807, 2.05) is 67.3 Å². The Kier molecular flexibility index (Phi) is 9.31. The highest BCUT2D eigenvalue weighted by molar-refractivity contribution is 5.36. The molecular formula is C25H37FN4O3. The summed E-state index contributed by atoms with van der Waals surface area (Å²) in [4.78, 5) is 2.19. The quantitative estimate of drug-likeness (QED) is 0.478. The lowest BCUT2D eigenvalue weighted by molar-refractivity contribution is -0.173. The first-order valence-electron chi connectivity index (χ1n) is 11.5. The van der Waals surface area contributed by atoms with Gasteiger partial charge in [-0.25, -0.2) is 4.39 Å². The standard InChI is InChI=1S/C25H37FN4O3/c1-18-14-22(15-24(31)33-18)29(2)13-10-20(27)17-28-23(16-26)25(32-3)19-6-8-21(9-7-19)30-11-4-5-12-30/h4-9,11-12,17-18,22-25,28,31H,10,13-16,27H2,1-3H3/b20-17-/t18-,22+,23-,24-,25?/m1/s1. The van der Waals surface area contributed by atoms with Crippen molar-refractivity contribution >= 4 is 0 Å². The molecule has 0 spiro atoms. The molecule has 1 saturated heterocycles. The van der Waals surface area contributed by atoms with Gasteiger partial charge in [-0.1, -0.05) is 12.1 Å². The van der Waals surface area contributed by atoms with Gasteiger partial charge in [0, 0.05) is 62.5 Å². The van der Waals surface area contributed by atoms with Crippen molar-refractivity contribution < 1.29 is 19.0 Å². The lowest BCUT2D eigenvalue weighted by Gasteiger charge is -2.36. The molecule has 0 amide bonds. The molecule has 182 valence electrons. The topological polar surface area (TPSA) is 84.9 Å². The van der Waals surface area contributed by atoms with Gasteiger partial charge in [-0.2, -0.15) is 0 Å². The summed E-state index contributed by atoms with van der Waals surface area (Å²) < 4.78 is 26.9. The van der Waals surface area contributed by atoms with Crippen LogP contribution in [-0.4, -0.2) is 66.4 Å². The minimum atomic E-state index is -0.718. The van der Waals surface area contributed by atoms with Gasteiger partial charge in [0.05, 0.1) is 12.1 Å². The molecule has 3 rings (SSSR count). The van der Waals surface area contributed by atoms with E-state index >= 15 is 0 Å². The highest BCUT2D eigenvalue weighted by Gasteiger charge is 2.28. The highest BCUT2D eigenvalue weighted by Crippen LogP contribution is 2.24. The zero-order chi connectivity index (χ0) is 23.8. The summed E-state index contributed by atoms with van der Waals surface area (Å²) in [6.07, 6.45) is 6.59. The number of aromatic nitrogens is 1. The monoisotopic (exact) mass is 460 g/mol. The van der Waals surface area contributed by atoms with E-state index in [9.17, 15) is 9.50 Å². The molecule has 1 fully saturated rings. The molecule has 1 unspecified atom stereocenters. The average Bonchev–Trinajstić information content (AvgIpc) is 3.34. The molecule has 4 N–H and O–H groups in total. The summed E-state index contributed by atoms with van der Waals surface area (Å²) in [5.41, 5.74) is 8.75. The average molecular weight is 461 g/mol. The lowest BCUT2D eigenvalue weighted by Crippen LogP contribution is -2.43. The highest BCUT2D eigenvalue weighted by atomic mass is 19.1. The molecule has 8 heteroatoms. The Bertz CT molecular complexity index is 849. The van der Waals surface area contributed by atoms with Gasteiger partial charge >= 0.3 is 0 Å². The van der Waals surface area contributed by atoms with E-state index in [1.54, 1.807) is 13.3 Å². The van der Waals surface area contributed by atoms with E-state index in [0.29, 0.717) is 18.5 Å². The van der Waals surface area contributed by atoms with Crippen molar-refractivity contribution in [1.29, 1.82) is 0 Å². The summed E-state index contributed by atoms with van der Waals surface area (Å²) in [6, 6.07) is 11.5. The number of aliphatic hydroxyl groups excluding tert-OH is 1. The van der Waals surface area contributed by atoms with Gasteiger partial charge in [-0.15, -0.1) is 0 Å².